The van der Waals surface area contributed by atoms with Gasteiger partial charge in [0.25, 0.3) is 5.91 Å². The van der Waals surface area contributed by atoms with Gasteiger partial charge in [-0.05, 0) is 66.7 Å². The molecule has 0 radical (unpaired) electrons. The van der Waals surface area contributed by atoms with Crippen LogP contribution in [0.3, 0.4) is 0 Å². The highest BCUT2D eigenvalue weighted by Crippen LogP contribution is 2.39. The van der Waals surface area contributed by atoms with Crippen molar-refractivity contribution in [2.24, 2.45) is 4.99 Å². The number of hydrogen-bond donors (Lipinski definition) is 0. The van der Waals surface area contributed by atoms with Crippen LogP contribution in [0.2, 0.25) is 5.02 Å². The van der Waals surface area contributed by atoms with Crippen LogP contribution >= 0.6 is 23.4 Å². The molecule has 3 rings (SSSR count). The van der Waals surface area contributed by atoms with E-state index < -0.39 is 5.97 Å². The third-order valence-electron chi connectivity index (χ3n) is 4.46. The zero-order valence-corrected chi connectivity index (χ0v) is 19.8. The predicted octanol–water partition coefficient (Wildman–Crippen LogP) is 4.77. The van der Waals surface area contributed by atoms with Crippen molar-refractivity contribution in [2.75, 3.05) is 27.4 Å². The number of ether oxygens (including phenoxy) is 3. The van der Waals surface area contributed by atoms with Crippen molar-refractivity contribution in [1.29, 1.82) is 0 Å². The van der Waals surface area contributed by atoms with Crippen LogP contribution in [0.1, 0.15) is 22.8 Å². The minimum atomic E-state index is -0.394. The molecule has 33 heavy (non-hydrogen) atoms. The Bertz CT molecular complexity index is 1170. The van der Waals surface area contributed by atoms with E-state index in [0.717, 1.165) is 0 Å². The number of thioether (sulfide) groups is 1. The highest BCUT2D eigenvalue weighted by molar-refractivity contribution is 8.18. The molecule has 0 saturated carbocycles. The molecule has 1 fully saturated rings. The number of esters is 1. The van der Waals surface area contributed by atoms with Gasteiger partial charge in [0.05, 0.1) is 34.9 Å². The van der Waals surface area contributed by atoms with Crippen LogP contribution in [-0.2, 0) is 9.53 Å². The van der Waals surface area contributed by atoms with Crippen LogP contribution in [0.5, 0.6) is 11.5 Å². The smallest absolute Gasteiger partial charge is 0.338 e. The number of benzene rings is 2. The standard InChI is InChI=1S/C24H21ClN2O5S/c1-5-11-32-21-18(25)12-15(13-19(21)30-4)14-20-22(28)27(3)24(33-20)26-17-9-7-16(8-10-17)23(29)31-6-2/h1,7-10,12-14H,6,11H2,2-4H3/b20-14+,26-24?. The first-order valence-corrected chi connectivity index (χ1v) is 11.0. The zero-order valence-electron chi connectivity index (χ0n) is 18.3. The van der Waals surface area contributed by atoms with Gasteiger partial charge >= 0.3 is 5.97 Å². The number of carbonyl (C=O) groups excluding carboxylic acids is 2. The lowest BCUT2D eigenvalue weighted by atomic mass is 10.2. The first-order chi connectivity index (χ1) is 15.9. The summed E-state index contributed by atoms with van der Waals surface area (Å²) in [5.74, 6) is 2.53. The van der Waals surface area contributed by atoms with Crippen LogP contribution in [0, 0.1) is 12.3 Å². The molecule has 0 spiro atoms. The molecule has 1 aliphatic heterocycles. The third-order valence-corrected chi connectivity index (χ3v) is 5.80. The first kappa shape index (κ1) is 24.2. The molecule has 7 nitrogen and oxygen atoms in total. The van der Waals surface area contributed by atoms with Crippen molar-refractivity contribution in [3.05, 3.63) is 57.5 Å². The molecule has 1 saturated heterocycles. The van der Waals surface area contributed by atoms with E-state index in [9.17, 15) is 9.59 Å². The van der Waals surface area contributed by atoms with Gasteiger partial charge in [0.1, 0.15) is 6.61 Å². The lowest BCUT2D eigenvalue weighted by Crippen LogP contribution is -2.23. The normalized spacial score (nSPS) is 15.6. The maximum absolute atomic E-state index is 12.8. The highest BCUT2D eigenvalue weighted by atomic mass is 35.5. The number of nitrogens with zero attached hydrogens (tertiary/aromatic N) is 2. The Kier molecular flexibility index (Phi) is 8.04. The van der Waals surface area contributed by atoms with Gasteiger partial charge in [-0.3, -0.25) is 9.69 Å². The summed E-state index contributed by atoms with van der Waals surface area (Å²) in [5, 5.41) is 0.818. The number of rotatable bonds is 7. The maximum Gasteiger partial charge on any atom is 0.338 e. The predicted molar refractivity (Wildman–Crippen MR) is 130 cm³/mol. The van der Waals surface area contributed by atoms with E-state index in [4.69, 9.17) is 32.2 Å². The Morgan fingerprint density at radius 3 is 2.67 bits per heavy atom. The summed E-state index contributed by atoms with van der Waals surface area (Å²) >= 11 is 7.56. The number of carbonyl (C=O) groups is 2. The summed E-state index contributed by atoms with van der Waals surface area (Å²) in [7, 11) is 3.14. The van der Waals surface area contributed by atoms with Gasteiger partial charge in [0.2, 0.25) is 0 Å². The van der Waals surface area contributed by atoms with Crippen LogP contribution in [-0.4, -0.2) is 49.3 Å². The summed E-state index contributed by atoms with van der Waals surface area (Å²) in [6, 6.07) is 10.0. The summed E-state index contributed by atoms with van der Waals surface area (Å²) in [5.41, 5.74) is 1.70. The number of amidine groups is 1. The van der Waals surface area contributed by atoms with Crippen molar-refractivity contribution in [3.63, 3.8) is 0 Å². The molecule has 9 heteroatoms. The third kappa shape index (κ3) is 5.69. The van der Waals surface area contributed by atoms with E-state index in [0.29, 0.717) is 50.0 Å². The van der Waals surface area contributed by atoms with Gasteiger partial charge in [0, 0.05) is 7.05 Å². The maximum atomic E-state index is 12.8. The van der Waals surface area contributed by atoms with Crippen LogP contribution < -0.4 is 9.47 Å². The SMILES string of the molecule is C#CCOc1c(Cl)cc(/C=C2/SC(=Nc3ccc(C(=O)OCC)cc3)N(C)C2=O)cc1OC. The van der Waals surface area contributed by atoms with Crippen molar-refractivity contribution < 1.29 is 23.8 Å². The Balaban J connectivity index is 1.84. The molecule has 0 bridgehead atoms. The molecule has 0 aliphatic carbocycles. The molecule has 0 N–H and O–H groups in total. The Morgan fingerprint density at radius 1 is 1.30 bits per heavy atom. The Morgan fingerprint density at radius 2 is 2.03 bits per heavy atom. The largest absolute Gasteiger partial charge is 0.493 e. The first-order valence-electron chi connectivity index (χ1n) is 9.85. The highest BCUT2D eigenvalue weighted by Gasteiger charge is 2.30. The average Bonchev–Trinajstić information content (AvgIpc) is 3.06. The number of amides is 1. The van der Waals surface area contributed by atoms with Crippen LogP contribution in [0.15, 0.2) is 46.3 Å². The van der Waals surface area contributed by atoms with Crippen LogP contribution in [0.4, 0.5) is 5.69 Å². The quantitative estimate of drug-likeness (QED) is 0.320. The Labute approximate surface area is 201 Å². The van der Waals surface area contributed by atoms with E-state index in [2.05, 4.69) is 10.9 Å². The lowest BCUT2D eigenvalue weighted by Gasteiger charge is -2.11. The van der Waals surface area contributed by atoms with Crippen molar-refractivity contribution in [2.45, 2.75) is 6.92 Å². The summed E-state index contributed by atoms with van der Waals surface area (Å²) in [6.07, 6.45) is 6.94. The molecule has 0 atom stereocenters. The monoisotopic (exact) mass is 484 g/mol. The van der Waals surface area contributed by atoms with Crippen molar-refractivity contribution in [1.82, 2.24) is 4.90 Å². The van der Waals surface area contributed by atoms with Gasteiger partial charge in [0.15, 0.2) is 16.7 Å². The van der Waals surface area contributed by atoms with Gasteiger partial charge in [-0.1, -0.05) is 17.5 Å². The molecule has 170 valence electrons. The van der Waals surface area contributed by atoms with E-state index in [-0.39, 0.29) is 12.5 Å². The number of hydrogen-bond acceptors (Lipinski definition) is 7. The molecule has 1 amide bonds. The van der Waals surface area contributed by atoms with Gasteiger partial charge < -0.3 is 14.2 Å². The number of aliphatic imine (C=N–C) groups is 1. The number of terminal acetylenes is 1. The van der Waals surface area contributed by atoms with E-state index >= 15 is 0 Å². The molecule has 2 aromatic rings. The molecule has 1 heterocycles. The van der Waals surface area contributed by atoms with E-state index in [1.165, 1.54) is 23.8 Å². The second-order valence-corrected chi connectivity index (χ2v) is 8.08. The number of likely N-dealkylation sites (N-methyl/N-ethyl adjacent to an activating group) is 1. The van der Waals surface area contributed by atoms with Gasteiger partial charge in [-0.2, -0.15) is 0 Å². The van der Waals surface area contributed by atoms with E-state index in [1.807, 2.05) is 0 Å². The lowest BCUT2D eigenvalue weighted by molar-refractivity contribution is -0.121. The van der Waals surface area contributed by atoms with Gasteiger partial charge in [-0.15, -0.1) is 6.42 Å². The van der Waals surface area contributed by atoms with Crippen LogP contribution in [0.25, 0.3) is 6.08 Å². The fraction of sp³-hybridized carbons (Fsp3) is 0.208. The molecule has 0 aromatic heterocycles. The molecule has 0 unspecified atom stereocenters. The fourth-order valence-electron chi connectivity index (χ4n) is 2.88. The summed E-state index contributed by atoms with van der Waals surface area (Å²) in [4.78, 5) is 31.0. The zero-order chi connectivity index (χ0) is 24.0. The summed E-state index contributed by atoms with van der Waals surface area (Å²) in [6.45, 7) is 2.11. The summed E-state index contributed by atoms with van der Waals surface area (Å²) < 4.78 is 15.8. The topological polar surface area (TPSA) is 77.4 Å². The number of methoxy groups -OCH3 is 1. The molecule has 1 aliphatic rings. The number of halogens is 1. The van der Waals surface area contributed by atoms with E-state index in [1.54, 1.807) is 56.4 Å². The second kappa shape index (κ2) is 10.9. The average molecular weight is 485 g/mol. The van der Waals surface area contributed by atoms with Gasteiger partial charge in [-0.25, -0.2) is 9.79 Å². The minimum Gasteiger partial charge on any atom is -0.493 e. The minimum absolute atomic E-state index is 0.0518. The molecule has 2 aromatic carbocycles. The van der Waals surface area contributed by atoms with Crippen molar-refractivity contribution >= 4 is 52.2 Å². The second-order valence-electron chi connectivity index (χ2n) is 6.66. The molecular weight excluding hydrogens is 464 g/mol. The van der Waals surface area contributed by atoms with Crippen molar-refractivity contribution in [3.8, 4) is 23.8 Å². The fourth-order valence-corrected chi connectivity index (χ4v) is 4.14. The molecular formula is C24H21ClN2O5S. The Hall–Kier alpha value is -3.41.